The standard InChI is InChI=1S/C30H41N7O5S/c1-19-14-20(2)26(21(3)15-19)43(40,41)36-24(28(39)42-30(4,5)6)18-34-27(38)22-8-9-25-23(16-22)17-35-37(25)13-7-10-31-29-32-11-12-33-29/h8-9,14-17,24,36H,7,10-13,18H2,1-6H3,(H,34,38)(H2,31,32,33)/t24-/m0/s1. The normalized spacial score (nSPS) is 14.2. The summed E-state index contributed by atoms with van der Waals surface area (Å²) < 4.78 is 36.7. The van der Waals surface area contributed by atoms with Crippen molar-refractivity contribution >= 4 is 38.8 Å². The van der Waals surface area contributed by atoms with Crippen molar-refractivity contribution < 1.29 is 22.7 Å². The first-order valence-electron chi connectivity index (χ1n) is 14.3. The largest absolute Gasteiger partial charge is 0.459 e. The molecule has 0 aliphatic carbocycles. The van der Waals surface area contributed by atoms with Crippen molar-refractivity contribution in [3.05, 3.63) is 58.8 Å². The van der Waals surface area contributed by atoms with Gasteiger partial charge in [-0.1, -0.05) is 17.7 Å². The summed E-state index contributed by atoms with van der Waals surface area (Å²) >= 11 is 0. The molecule has 1 aromatic heterocycles. The van der Waals surface area contributed by atoms with E-state index in [1.54, 1.807) is 65.1 Å². The van der Waals surface area contributed by atoms with E-state index >= 15 is 0 Å². The summed E-state index contributed by atoms with van der Waals surface area (Å²) in [5.74, 6) is -0.428. The number of guanidine groups is 1. The van der Waals surface area contributed by atoms with Crippen molar-refractivity contribution in [3.63, 3.8) is 0 Å². The molecule has 2 heterocycles. The molecule has 12 nitrogen and oxygen atoms in total. The third-order valence-corrected chi connectivity index (χ3v) is 8.52. The van der Waals surface area contributed by atoms with Crippen LogP contribution >= 0.6 is 0 Å². The molecule has 2 aromatic carbocycles. The van der Waals surface area contributed by atoms with Gasteiger partial charge in [0.25, 0.3) is 5.91 Å². The van der Waals surface area contributed by atoms with Gasteiger partial charge in [0, 0.05) is 37.1 Å². The van der Waals surface area contributed by atoms with Crippen LogP contribution in [0.4, 0.5) is 0 Å². The number of nitrogens with one attached hydrogen (secondary N) is 4. The lowest BCUT2D eigenvalue weighted by Gasteiger charge is -2.25. The van der Waals surface area contributed by atoms with Crippen molar-refractivity contribution in [1.82, 2.24) is 30.5 Å². The molecule has 0 saturated heterocycles. The molecule has 1 aliphatic heterocycles. The lowest BCUT2D eigenvalue weighted by Crippen LogP contribution is -2.50. The van der Waals surface area contributed by atoms with Crippen LogP contribution < -0.4 is 20.7 Å². The predicted molar refractivity (Wildman–Crippen MR) is 166 cm³/mol. The van der Waals surface area contributed by atoms with Crippen LogP contribution in [0, 0.1) is 20.8 Å². The lowest BCUT2D eigenvalue weighted by atomic mass is 10.1. The average Bonchev–Trinajstić information content (AvgIpc) is 3.56. The van der Waals surface area contributed by atoms with E-state index in [0.717, 1.165) is 48.5 Å². The number of carbonyl (C=O) groups excluding carboxylic acids is 2. The maximum atomic E-state index is 13.4. The fourth-order valence-corrected chi connectivity index (χ4v) is 6.68. The summed E-state index contributed by atoms with van der Waals surface area (Å²) in [5.41, 5.74) is 2.43. The van der Waals surface area contributed by atoms with Crippen molar-refractivity contribution in [2.45, 2.75) is 71.0 Å². The minimum Gasteiger partial charge on any atom is -0.459 e. The predicted octanol–water partition coefficient (Wildman–Crippen LogP) is 2.32. The van der Waals surface area contributed by atoms with E-state index in [2.05, 4.69) is 30.8 Å². The molecule has 0 spiro atoms. The molecule has 1 atom stereocenters. The Morgan fingerprint density at radius 3 is 2.49 bits per heavy atom. The zero-order valence-corrected chi connectivity index (χ0v) is 26.4. The molecule has 232 valence electrons. The number of ether oxygens (including phenoxy) is 1. The summed E-state index contributed by atoms with van der Waals surface area (Å²) in [5, 5.41) is 14.4. The molecule has 43 heavy (non-hydrogen) atoms. The van der Waals surface area contributed by atoms with Gasteiger partial charge < -0.3 is 20.7 Å². The summed E-state index contributed by atoms with van der Waals surface area (Å²) in [6.45, 7) is 13.1. The fourth-order valence-electron chi connectivity index (χ4n) is 5.04. The molecular formula is C30H41N7O5S. The Morgan fingerprint density at radius 1 is 1.12 bits per heavy atom. The van der Waals surface area contributed by atoms with Crippen LogP contribution in [0.5, 0.6) is 0 Å². The van der Waals surface area contributed by atoms with E-state index < -0.39 is 33.5 Å². The second kappa shape index (κ2) is 13.1. The summed E-state index contributed by atoms with van der Waals surface area (Å²) in [7, 11) is -4.12. The van der Waals surface area contributed by atoms with Gasteiger partial charge in [-0.3, -0.25) is 19.3 Å². The number of hydrogen-bond acceptors (Lipinski definition) is 9. The monoisotopic (exact) mass is 611 g/mol. The van der Waals surface area contributed by atoms with Gasteiger partial charge >= 0.3 is 5.97 Å². The van der Waals surface area contributed by atoms with Crippen LogP contribution in [0.15, 0.2) is 46.4 Å². The zero-order chi connectivity index (χ0) is 31.4. The van der Waals surface area contributed by atoms with E-state index in [0.29, 0.717) is 23.2 Å². The first-order chi connectivity index (χ1) is 20.2. The SMILES string of the molecule is Cc1cc(C)c(S(=O)(=O)N[C@@H](CNC(=O)c2ccc3c(cnn3CCCNC3=NCCN3)c2)C(=O)OC(C)(C)C)c(C)c1. The van der Waals surface area contributed by atoms with Crippen LogP contribution in [0.25, 0.3) is 10.9 Å². The number of benzene rings is 2. The molecule has 4 rings (SSSR count). The summed E-state index contributed by atoms with van der Waals surface area (Å²) in [4.78, 5) is 30.6. The van der Waals surface area contributed by atoms with Crippen LogP contribution in [-0.2, 0) is 26.1 Å². The fraction of sp³-hybridized carbons (Fsp3) is 0.467. The summed E-state index contributed by atoms with van der Waals surface area (Å²) in [6.07, 6.45) is 2.54. The minimum absolute atomic E-state index is 0.0974. The number of aromatic nitrogens is 2. The Balaban J connectivity index is 1.44. The van der Waals surface area contributed by atoms with Crippen LogP contribution in [-0.4, -0.2) is 73.9 Å². The highest BCUT2D eigenvalue weighted by Crippen LogP contribution is 2.22. The van der Waals surface area contributed by atoms with Crippen LogP contribution in [0.1, 0.15) is 54.2 Å². The second-order valence-corrected chi connectivity index (χ2v) is 13.4. The molecule has 0 unspecified atom stereocenters. The van der Waals surface area contributed by atoms with Gasteiger partial charge in [0.15, 0.2) is 5.96 Å². The Hall–Kier alpha value is -3.97. The Kier molecular flexibility index (Phi) is 9.75. The lowest BCUT2D eigenvalue weighted by molar-refractivity contribution is -0.156. The van der Waals surface area contributed by atoms with Crippen molar-refractivity contribution in [2.75, 3.05) is 26.2 Å². The Labute approximate surface area is 252 Å². The number of sulfonamides is 1. The van der Waals surface area contributed by atoms with Gasteiger partial charge in [0.2, 0.25) is 10.0 Å². The number of esters is 1. The molecule has 3 aromatic rings. The van der Waals surface area contributed by atoms with E-state index in [4.69, 9.17) is 4.74 Å². The molecule has 1 aliphatic rings. The first-order valence-corrected chi connectivity index (χ1v) is 15.8. The number of amides is 1. The Morgan fingerprint density at radius 2 is 1.84 bits per heavy atom. The topological polar surface area (TPSA) is 156 Å². The number of aryl methyl sites for hydroxylation is 4. The second-order valence-electron chi connectivity index (χ2n) is 11.7. The maximum Gasteiger partial charge on any atom is 0.326 e. The molecule has 0 radical (unpaired) electrons. The van der Waals surface area contributed by atoms with Gasteiger partial charge in [0.05, 0.1) is 23.2 Å². The number of fused-ring (bicyclic) bond motifs is 1. The van der Waals surface area contributed by atoms with Crippen molar-refractivity contribution in [2.24, 2.45) is 4.99 Å². The summed E-state index contributed by atoms with van der Waals surface area (Å²) in [6, 6.07) is 7.41. The molecule has 13 heteroatoms. The van der Waals surface area contributed by atoms with Gasteiger partial charge in [-0.25, -0.2) is 8.42 Å². The van der Waals surface area contributed by atoms with E-state index in [9.17, 15) is 18.0 Å². The molecule has 0 fully saturated rings. The highest BCUT2D eigenvalue weighted by atomic mass is 32.2. The number of nitrogens with zero attached hydrogens (tertiary/aromatic N) is 3. The number of rotatable bonds is 11. The highest BCUT2D eigenvalue weighted by molar-refractivity contribution is 7.89. The maximum absolute atomic E-state index is 13.4. The van der Waals surface area contributed by atoms with E-state index in [1.807, 2.05) is 17.7 Å². The van der Waals surface area contributed by atoms with E-state index in [-0.39, 0.29) is 11.4 Å². The average molecular weight is 612 g/mol. The number of carbonyl (C=O) groups is 2. The molecule has 0 bridgehead atoms. The molecular weight excluding hydrogens is 570 g/mol. The molecule has 1 amide bonds. The van der Waals surface area contributed by atoms with Crippen molar-refractivity contribution in [3.8, 4) is 0 Å². The smallest absolute Gasteiger partial charge is 0.326 e. The van der Waals surface area contributed by atoms with Crippen LogP contribution in [0.3, 0.4) is 0 Å². The highest BCUT2D eigenvalue weighted by Gasteiger charge is 2.32. The number of aliphatic imine (C=N–C) groups is 1. The number of hydrogen-bond donors (Lipinski definition) is 4. The quantitative estimate of drug-likeness (QED) is 0.190. The van der Waals surface area contributed by atoms with Gasteiger partial charge in [0.1, 0.15) is 11.6 Å². The molecule has 4 N–H and O–H groups in total. The minimum atomic E-state index is -4.12. The van der Waals surface area contributed by atoms with Gasteiger partial charge in [-0.2, -0.15) is 9.82 Å². The van der Waals surface area contributed by atoms with E-state index in [1.165, 1.54) is 0 Å². The van der Waals surface area contributed by atoms with Crippen molar-refractivity contribution in [1.29, 1.82) is 0 Å². The zero-order valence-electron chi connectivity index (χ0n) is 25.6. The molecule has 0 saturated carbocycles. The third-order valence-electron chi connectivity index (χ3n) is 6.75. The third kappa shape index (κ3) is 8.32. The first kappa shape index (κ1) is 32.0. The van der Waals surface area contributed by atoms with Gasteiger partial charge in [-0.15, -0.1) is 0 Å². The Bertz CT molecular complexity index is 1620. The van der Waals surface area contributed by atoms with Gasteiger partial charge in [-0.05, 0) is 77.3 Å². The van der Waals surface area contributed by atoms with Crippen LogP contribution in [0.2, 0.25) is 0 Å².